The van der Waals surface area contributed by atoms with Crippen molar-refractivity contribution in [2.75, 3.05) is 18.0 Å². The number of nitrogens with one attached hydrogen (secondary N) is 1. The van der Waals surface area contributed by atoms with E-state index < -0.39 is 0 Å². The third kappa shape index (κ3) is 4.87. The van der Waals surface area contributed by atoms with Gasteiger partial charge in [-0.1, -0.05) is 37.8 Å². The zero-order valence-electron chi connectivity index (χ0n) is 17.6. The highest BCUT2D eigenvalue weighted by atomic mass is 16.5. The predicted octanol–water partition coefficient (Wildman–Crippen LogP) is 3.94. The van der Waals surface area contributed by atoms with E-state index in [9.17, 15) is 4.79 Å². The van der Waals surface area contributed by atoms with Gasteiger partial charge in [-0.15, -0.1) is 0 Å². The zero-order valence-corrected chi connectivity index (χ0v) is 17.6. The fourth-order valence-electron chi connectivity index (χ4n) is 4.57. The van der Waals surface area contributed by atoms with Crippen LogP contribution in [0.4, 0.5) is 5.82 Å². The lowest BCUT2D eigenvalue weighted by atomic mass is 10.1. The van der Waals surface area contributed by atoms with Gasteiger partial charge >= 0.3 is 0 Å². The Morgan fingerprint density at radius 3 is 2.52 bits per heavy atom. The Morgan fingerprint density at radius 2 is 1.79 bits per heavy atom. The molecule has 0 bridgehead atoms. The van der Waals surface area contributed by atoms with Crippen LogP contribution >= 0.6 is 0 Å². The lowest BCUT2D eigenvalue weighted by Gasteiger charge is -2.28. The summed E-state index contributed by atoms with van der Waals surface area (Å²) in [5.74, 6) is 1.71. The van der Waals surface area contributed by atoms with Crippen molar-refractivity contribution in [2.24, 2.45) is 0 Å². The van der Waals surface area contributed by atoms with Crippen LogP contribution in [0.2, 0.25) is 0 Å². The lowest BCUT2D eigenvalue weighted by Crippen LogP contribution is -2.34. The van der Waals surface area contributed by atoms with E-state index >= 15 is 0 Å². The molecular weight excluding hydrogens is 366 g/mol. The summed E-state index contributed by atoms with van der Waals surface area (Å²) in [5, 5.41) is 8.37. The van der Waals surface area contributed by atoms with Gasteiger partial charge in [0.2, 0.25) is 5.91 Å². The SMILES string of the molecule is CCc1noc2nc(CCC(=O)NC3CCCCCC3)nc(N3CCCCC3)c12. The highest BCUT2D eigenvalue weighted by Gasteiger charge is 2.23. The van der Waals surface area contributed by atoms with Gasteiger partial charge in [-0.3, -0.25) is 4.79 Å². The number of carbonyl (C=O) groups excluding carboxylic acids is 1. The fourth-order valence-corrected chi connectivity index (χ4v) is 4.57. The monoisotopic (exact) mass is 399 g/mol. The summed E-state index contributed by atoms with van der Waals surface area (Å²) >= 11 is 0. The molecule has 1 amide bonds. The molecule has 4 rings (SSSR count). The van der Waals surface area contributed by atoms with Crippen LogP contribution in [0.15, 0.2) is 4.52 Å². The molecule has 0 spiro atoms. The van der Waals surface area contributed by atoms with E-state index in [4.69, 9.17) is 9.51 Å². The van der Waals surface area contributed by atoms with E-state index in [0.717, 1.165) is 49.2 Å². The third-order valence-corrected chi connectivity index (χ3v) is 6.22. The maximum Gasteiger partial charge on any atom is 0.263 e. The Bertz CT molecular complexity index is 820. The number of amides is 1. The normalized spacial score (nSPS) is 18.7. The van der Waals surface area contributed by atoms with Gasteiger partial charge in [0.05, 0.1) is 5.69 Å². The molecule has 7 heteroatoms. The van der Waals surface area contributed by atoms with Crippen LogP contribution in [0, 0.1) is 0 Å². The van der Waals surface area contributed by atoms with Crippen molar-refractivity contribution in [1.82, 2.24) is 20.4 Å². The van der Waals surface area contributed by atoms with Crippen LogP contribution < -0.4 is 10.2 Å². The number of rotatable bonds is 6. The molecule has 2 fully saturated rings. The summed E-state index contributed by atoms with van der Waals surface area (Å²) in [7, 11) is 0. The quantitative estimate of drug-likeness (QED) is 0.741. The molecule has 0 aromatic carbocycles. The number of anilines is 1. The van der Waals surface area contributed by atoms with Gasteiger partial charge < -0.3 is 14.7 Å². The molecular formula is C22H33N5O2. The van der Waals surface area contributed by atoms with Crippen molar-refractivity contribution in [3.63, 3.8) is 0 Å². The summed E-state index contributed by atoms with van der Waals surface area (Å²) in [6, 6.07) is 0.332. The van der Waals surface area contributed by atoms with Crippen LogP contribution in [-0.4, -0.2) is 40.2 Å². The van der Waals surface area contributed by atoms with Gasteiger partial charge in [0.25, 0.3) is 5.71 Å². The first-order valence-electron chi connectivity index (χ1n) is 11.4. The van der Waals surface area contributed by atoms with Crippen molar-refractivity contribution >= 4 is 22.8 Å². The number of piperidine rings is 1. The Labute approximate surface area is 172 Å². The topological polar surface area (TPSA) is 84.1 Å². The summed E-state index contributed by atoms with van der Waals surface area (Å²) in [6.07, 6.45) is 12.6. The molecule has 0 atom stereocenters. The minimum Gasteiger partial charge on any atom is -0.356 e. The molecule has 2 aromatic rings. The molecule has 1 saturated carbocycles. The van der Waals surface area contributed by atoms with Crippen molar-refractivity contribution in [2.45, 2.75) is 90.0 Å². The van der Waals surface area contributed by atoms with Crippen LogP contribution in [0.25, 0.3) is 11.1 Å². The number of hydrogen-bond acceptors (Lipinski definition) is 6. The van der Waals surface area contributed by atoms with E-state index in [-0.39, 0.29) is 5.91 Å². The zero-order chi connectivity index (χ0) is 20.1. The van der Waals surface area contributed by atoms with Crippen LogP contribution in [0.5, 0.6) is 0 Å². The van der Waals surface area contributed by atoms with Crippen LogP contribution in [0.1, 0.15) is 82.7 Å². The van der Waals surface area contributed by atoms with Gasteiger partial charge in [0.1, 0.15) is 17.0 Å². The maximum absolute atomic E-state index is 12.5. The molecule has 3 heterocycles. The molecule has 2 aromatic heterocycles. The first-order chi connectivity index (χ1) is 14.2. The van der Waals surface area contributed by atoms with Crippen LogP contribution in [0.3, 0.4) is 0 Å². The second-order valence-corrected chi connectivity index (χ2v) is 8.43. The average Bonchev–Trinajstić information content (AvgIpc) is 3.00. The smallest absolute Gasteiger partial charge is 0.263 e. The minimum absolute atomic E-state index is 0.104. The molecule has 2 aliphatic rings. The Balaban J connectivity index is 1.47. The van der Waals surface area contributed by atoms with Crippen molar-refractivity contribution in [3.8, 4) is 0 Å². The lowest BCUT2D eigenvalue weighted by molar-refractivity contribution is -0.121. The molecule has 1 aliphatic carbocycles. The highest BCUT2D eigenvalue weighted by Crippen LogP contribution is 2.30. The summed E-state index contributed by atoms with van der Waals surface area (Å²) < 4.78 is 5.53. The van der Waals surface area contributed by atoms with Crippen molar-refractivity contribution in [3.05, 3.63) is 11.5 Å². The van der Waals surface area contributed by atoms with E-state index in [1.807, 2.05) is 0 Å². The molecule has 1 saturated heterocycles. The number of fused-ring (bicyclic) bond motifs is 1. The number of carbonyl (C=O) groups is 1. The Morgan fingerprint density at radius 1 is 1.07 bits per heavy atom. The third-order valence-electron chi connectivity index (χ3n) is 6.22. The van der Waals surface area contributed by atoms with Gasteiger partial charge in [0.15, 0.2) is 0 Å². The van der Waals surface area contributed by atoms with Crippen molar-refractivity contribution < 1.29 is 9.32 Å². The van der Waals surface area contributed by atoms with Gasteiger partial charge in [0, 0.05) is 32.0 Å². The largest absolute Gasteiger partial charge is 0.356 e. The second kappa shape index (κ2) is 9.55. The molecule has 29 heavy (non-hydrogen) atoms. The first kappa shape index (κ1) is 20.1. The highest BCUT2D eigenvalue weighted by molar-refractivity contribution is 5.88. The number of nitrogens with zero attached hydrogens (tertiary/aromatic N) is 4. The first-order valence-corrected chi connectivity index (χ1v) is 11.4. The fraction of sp³-hybridized carbons (Fsp3) is 0.727. The van der Waals surface area contributed by atoms with E-state index in [1.54, 1.807) is 0 Å². The summed E-state index contributed by atoms with van der Waals surface area (Å²) in [5.41, 5.74) is 1.47. The number of aromatic nitrogens is 3. The summed E-state index contributed by atoms with van der Waals surface area (Å²) in [6.45, 7) is 4.08. The van der Waals surface area contributed by atoms with Crippen LogP contribution in [-0.2, 0) is 17.6 Å². The number of hydrogen-bond donors (Lipinski definition) is 1. The molecule has 7 nitrogen and oxygen atoms in total. The van der Waals surface area contributed by atoms with Gasteiger partial charge in [-0.05, 0) is 38.5 Å². The number of aryl methyl sites for hydroxylation is 2. The molecule has 1 aliphatic heterocycles. The van der Waals surface area contributed by atoms with E-state index in [0.29, 0.717) is 30.4 Å². The Hall–Kier alpha value is -2.18. The molecule has 0 unspecified atom stereocenters. The standard InChI is InChI=1S/C22H33N5O2/c1-2-17-20-21(27-14-8-5-9-15-27)24-18(25-22(20)29-26-17)12-13-19(28)23-16-10-6-3-4-7-11-16/h16H,2-15H2,1H3,(H,23,28). The second-order valence-electron chi connectivity index (χ2n) is 8.43. The van der Waals surface area contributed by atoms with E-state index in [1.165, 1.54) is 44.9 Å². The summed E-state index contributed by atoms with van der Waals surface area (Å²) in [4.78, 5) is 24.3. The predicted molar refractivity (Wildman–Crippen MR) is 113 cm³/mol. The minimum atomic E-state index is 0.104. The maximum atomic E-state index is 12.5. The average molecular weight is 400 g/mol. The van der Waals surface area contributed by atoms with Crippen molar-refractivity contribution in [1.29, 1.82) is 0 Å². The molecule has 1 N–H and O–H groups in total. The molecule has 0 radical (unpaired) electrons. The van der Waals surface area contributed by atoms with E-state index in [2.05, 4.69) is 27.3 Å². The van der Waals surface area contributed by atoms with Gasteiger partial charge in [-0.25, -0.2) is 4.98 Å². The Kier molecular flexibility index (Phi) is 6.62. The molecule has 158 valence electrons. The van der Waals surface area contributed by atoms with Gasteiger partial charge in [-0.2, -0.15) is 4.98 Å².